The molecule has 0 spiro atoms. The van der Waals surface area contributed by atoms with Crippen LogP contribution in [0.15, 0.2) is 42.5 Å². The molecule has 6 heteroatoms. The molecule has 0 saturated heterocycles. The first kappa shape index (κ1) is 19.5. The molecule has 2 aromatic heterocycles. The third-order valence-electron chi connectivity index (χ3n) is 6.36. The number of amides is 1. The fraction of sp³-hybridized carbons (Fsp3) is 0.320. The van der Waals surface area contributed by atoms with Gasteiger partial charge in [0, 0.05) is 47.7 Å². The quantitative estimate of drug-likeness (QED) is 0.525. The van der Waals surface area contributed by atoms with Gasteiger partial charge in [0.2, 0.25) is 5.91 Å². The Balaban J connectivity index is 1.34. The van der Waals surface area contributed by atoms with Gasteiger partial charge in [0.25, 0.3) is 0 Å². The SMILES string of the molecule is CCN1CCc2ccc(NC(=O)CCc3c(C)nc4c5ccccc5nn4c3C)cc21. The van der Waals surface area contributed by atoms with Crippen LogP contribution in [-0.2, 0) is 17.6 Å². The number of likely N-dealkylation sites (N-methyl/N-ethyl adjacent to an activating group) is 1. The Hall–Kier alpha value is -3.41. The van der Waals surface area contributed by atoms with Crippen LogP contribution < -0.4 is 10.2 Å². The van der Waals surface area contributed by atoms with E-state index >= 15 is 0 Å². The normalized spacial score (nSPS) is 13.2. The molecule has 0 atom stereocenters. The minimum absolute atomic E-state index is 0.0190. The molecule has 1 N–H and O–H groups in total. The molecule has 3 heterocycles. The van der Waals surface area contributed by atoms with Gasteiger partial charge in [0.05, 0.1) is 5.52 Å². The van der Waals surface area contributed by atoms with Crippen molar-refractivity contribution in [3.05, 3.63) is 65.0 Å². The molecule has 2 aromatic carbocycles. The molecule has 6 nitrogen and oxygen atoms in total. The van der Waals surface area contributed by atoms with Gasteiger partial charge in [0.15, 0.2) is 5.65 Å². The lowest BCUT2D eigenvalue weighted by Crippen LogP contribution is -2.19. The monoisotopic (exact) mass is 413 g/mol. The summed E-state index contributed by atoms with van der Waals surface area (Å²) >= 11 is 0. The molecule has 5 rings (SSSR count). The standard InChI is InChI=1S/C25H27N5O/c1-4-29-14-13-18-9-10-19(15-23(18)29)27-24(31)12-11-20-16(2)26-25-21-7-5-6-8-22(21)28-30(25)17(20)3/h5-10,15H,4,11-14H2,1-3H3,(H,27,31). The van der Waals surface area contributed by atoms with Crippen LogP contribution >= 0.6 is 0 Å². The summed E-state index contributed by atoms with van der Waals surface area (Å²) in [5.74, 6) is 0.0190. The number of benzene rings is 2. The molecule has 1 amide bonds. The first-order chi connectivity index (χ1) is 15.0. The van der Waals surface area contributed by atoms with Crippen molar-refractivity contribution in [2.45, 2.75) is 40.0 Å². The summed E-state index contributed by atoms with van der Waals surface area (Å²) in [6, 6.07) is 14.3. The number of carbonyl (C=O) groups is 1. The van der Waals surface area contributed by atoms with Crippen LogP contribution in [0.25, 0.3) is 16.6 Å². The number of fused-ring (bicyclic) bond motifs is 4. The van der Waals surface area contributed by atoms with Crippen LogP contribution in [0.1, 0.15) is 35.9 Å². The number of nitrogens with zero attached hydrogens (tertiary/aromatic N) is 4. The minimum atomic E-state index is 0.0190. The number of aryl methyl sites for hydroxylation is 2. The molecule has 0 radical (unpaired) electrons. The van der Waals surface area contributed by atoms with Crippen molar-refractivity contribution in [3.8, 4) is 0 Å². The summed E-state index contributed by atoms with van der Waals surface area (Å²) in [6.07, 6.45) is 2.12. The summed E-state index contributed by atoms with van der Waals surface area (Å²) in [5, 5.41) is 8.84. The topological polar surface area (TPSA) is 62.5 Å². The van der Waals surface area contributed by atoms with Crippen LogP contribution in [-0.4, -0.2) is 33.6 Å². The van der Waals surface area contributed by atoms with Crippen molar-refractivity contribution in [3.63, 3.8) is 0 Å². The third kappa shape index (κ3) is 3.42. The largest absolute Gasteiger partial charge is 0.371 e. The summed E-state index contributed by atoms with van der Waals surface area (Å²) in [5.41, 5.74) is 8.36. The number of nitrogens with one attached hydrogen (secondary N) is 1. The van der Waals surface area contributed by atoms with Gasteiger partial charge in [-0.3, -0.25) is 4.79 Å². The lowest BCUT2D eigenvalue weighted by atomic mass is 10.1. The Labute approximate surface area is 181 Å². The molecule has 0 saturated carbocycles. The van der Waals surface area contributed by atoms with Gasteiger partial charge < -0.3 is 10.2 Å². The van der Waals surface area contributed by atoms with E-state index in [1.165, 1.54) is 11.3 Å². The van der Waals surface area contributed by atoms with Gasteiger partial charge >= 0.3 is 0 Å². The van der Waals surface area contributed by atoms with Gasteiger partial charge in [-0.2, -0.15) is 5.10 Å². The second-order valence-corrected chi connectivity index (χ2v) is 8.24. The first-order valence-corrected chi connectivity index (χ1v) is 11.0. The summed E-state index contributed by atoms with van der Waals surface area (Å²) in [4.78, 5) is 19.9. The zero-order valence-electron chi connectivity index (χ0n) is 18.3. The van der Waals surface area contributed by atoms with Crippen molar-refractivity contribution in [2.75, 3.05) is 23.3 Å². The van der Waals surface area contributed by atoms with Crippen molar-refractivity contribution in [1.82, 2.24) is 14.6 Å². The molecule has 0 aliphatic carbocycles. The van der Waals surface area contributed by atoms with Crippen LogP contribution in [0.3, 0.4) is 0 Å². The molecule has 31 heavy (non-hydrogen) atoms. The number of aromatic nitrogens is 3. The van der Waals surface area contributed by atoms with E-state index in [9.17, 15) is 4.79 Å². The molecule has 0 bridgehead atoms. The average molecular weight is 414 g/mol. The van der Waals surface area contributed by atoms with E-state index in [4.69, 9.17) is 10.1 Å². The van der Waals surface area contributed by atoms with Crippen molar-refractivity contribution in [1.29, 1.82) is 0 Å². The fourth-order valence-electron chi connectivity index (χ4n) is 4.65. The first-order valence-electron chi connectivity index (χ1n) is 11.0. The highest BCUT2D eigenvalue weighted by Crippen LogP contribution is 2.30. The van der Waals surface area contributed by atoms with E-state index in [1.807, 2.05) is 41.8 Å². The maximum absolute atomic E-state index is 12.7. The molecule has 0 fully saturated rings. The van der Waals surface area contributed by atoms with E-state index in [1.54, 1.807) is 0 Å². The Bertz CT molecular complexity index is 1310. The smallest absolute Gasteiger partial charge is 0.224 e. The van der Waals surface area contributed by atoms with E-state index in [0.29, 0.717) is 12.8 Å². The van der Waals surface area contributed by atoms with E-state index in [2.05, 4.69) is 36.2 Å². The number of rotatable bonds is 5. The summed E-state index contributed by atoms with van der Waals surface area (Å²) in [6.45, 7) is 8.28. The van der Waals surface area contributed by atoms with E-state index in [-0.39, 0.29) is 5.91 Å². The Morgan fingerprint density at radius 1 is 1.16 bits per heavy atom. The van der Waals surface area contributed by atoms with Crippen LogP contribution in [0.2, 0.25) is 0 Å². The van der Waals surface area contributed by atoms with Crippen molar-refractivity contribution < 1.29 is 4.79 Å². The highest BCUT2D eigenvalue weighted by atomic mass is 16.1. The third-order valence-corrected chi connectivity index (χ3v) is 6.36. The van der Waals surface area contributed by atoms with Gasteiger partial charge in [-0.05, 0) is 69.0 Å². The highest BCUT2D eigenvalue weighted by Gasteiger charge is 2.19. The van der Waals surface area contributed by atoms with Gasteiger partial charge in [-0.15, -0.1) is 0 Å². The second kappa shape index (κ2) is 7.69. The molecular formula is C25H27N5O. The summed E-state index contributed by atoms with van der Waals surface area (Å²) < 4.78 is 1.91. The fourth-order valence-corrected chi connectivity index (χ4v) is 4.65. The lowest BCUT2D eigenvalue weighted by molar-refractivity contribution is -0.116. The van der Waals surface area contributed by atoms with Gasteiger partial charge in [-0.1, -0.05) is 18.2 Å². The zero-order valence-corrected chi connectivity index (χ0v) is 18.3. The Morgan fingerprint density at radius 3 is 2.84 bits per heavy atom. The van der Waals surface area contributed by atoms with Gasteiger partial charge in [-0.25, -0.2) is 9.50 Å². The average Bonchev–Trinajstić information content (AvgIpc) is 3.34. The predicted molar refractivity (Wildman–Crippen MR) is 125 cm³/mol. The lowest BCUT2D eigenvalue weighted by Gasteiger charge is -2.17. The maximum atomic E-state index is 12.7. The van der Waals surface area contributed by atoms with Crippen LogP contribution in [0, 0.1) is 13.8 Å². The highest BCUT2D eigenvalue weighted by molar-refractivity contribution is 5.93. The van der Waals surface area contributed by atoms with Crippen LogP contribution in [0.5, 0.6) is 0 Å². The molecule has 158 valence electrons. The molecular weight excluding hydrogens is 386 g/mol. The summed E-state index contributed by atoms with van der Waals surface area (Å²) in [7, 11) is 0. The minimum Gasteiger partial charge on any atom is -0.371 e. The molecule has 1 aliphatic rings. The Morgan fingerprint density at radius 2 is 2.00 bits per heavy atom. The van der Waals surface area contributed by atoms with Gasteiger partial charge in [0.1, 0.15) is 0 Å². The number of hydrogen-bond donors (Lipinski definition) is 1. The van der Waals surface area contributed by atoms with Crippen LogP contribution in [0.4, 0.5) is 11.4 Å². The number of hydrogen-bond acceptors (Lipinski definition) is 4. The van der Waals surface area contributed by atoms with Crippen molar-refractivity contribution in [2.24, 2.45) is 0 Å². The molecule has 1 aliphatic heterocycles. The molecule has 0 unspecified atom stereocenters. The maximum Gasteiger partial charge on any atom is 0.224 e. The number of carbonyl (C=O) groups excluding carboxylic acids is 1. The van der Waals surface area contributed by atoms with Crippen molar-refractivity contribution >= 4 is 33.8 Å². The second-order valence-electron chi connectivity index (χ2n) is 8.24. The molecule has 4 aromatic rings. The predicted octanol–water partition coefficient (Wildman–Crippen LogP) is 4.45. The zero-order chi connectivity index (χ0) is 21.5. The Kier molecular flexibility index (Phi) is 4.85. The van der Waals surface area contributed by atoms with E-state index in [0.717, 1.165) is 58.7 Å². The number of anilines is 2. The van der Waals surface area contributed by atoms with E-state index < -0.39 is 0 Å².